The number of carbonyl (C=O) groups is 1. The first-order valence-electron chi connectivity index (χ1n) is 7.10. The zero-order valence-electron chi connectivity index (χ0n) is 12.6. The number of nitrogens with one attached hydrogen (secondary N) is 2. The van der Waals surface area contributed by atoms with E-state index in [4.69, 9.17) is 23.2 Å². The normalized spacial score (nSPS) is 10.5. The first kappa shape index (κ1) is 17.6. The van der Waals surface area contributed by atoms with E-state index in [9.17, 15) is 9.18 Å². The molecule has 5 nitrogen and oxygen atoms in total. The number of halogens is 3. The summed E-state index contributed by atoms with van der Waals surface area (Å²) in [6, 6.07) is 10.9. The quantitative estimate of drug-likeness (QED) is 0.646. The summed E-state index contributed by atoms with van der Waals surface area (Å²) in [6.07, 6.45) is 0. The molecule has 3 rings (SSSR count). The molecule has 0 bridgehead atoms. The van der Waals surface area contributed by atoms with E-state index >= 15 is 0 Å². The standard InChI is InChI=1S/C16H11Cl2FN4OS/c17-11-2-1-3-12(18)13(11)14(24)21-16-23-22-15(25-16)20-8-9-4-6-10(19)7-5-9/h1-7H,8H2,(H,20,22)(H,21,23,24). The number of amides is 1. The minimum absolute atomic E-state index is 0.182. The molecule has 3 aromatic rings. The van der Waals surface area contributed by atoms with Crippen LogP contribution in [0.1, 0.15) is 15.9 Å². The summed E-state index contributed by atoms with van der Waals surface area (Å²) in [5.41, 5.74) is 1.08. The van der Waals surface area contributed by atoms with Crippen molar-refractivity contribution in [2.75, 3.05) is 10.6 Å². The maximum absolute atomic E-state index is 12.9. The predicted molar refractivity (Wildman–Crippen MR) is 98.1 cm³/mol. The number of aromatic nitrogens is 2. The third-order valence-electron chi connectivity index (χ3n) is 3.19. The van der Waals surface area contributed by atoms with Gasteiger partial charge in [0.25, 0.3) is 5.91 Å². The summed E-state index contributed by atoms with van der Waals surface area (Å²) < 4.78 is 12.9. The van der Waals surface area contributed by atoms with Crippen LogP contribution in [-0.4, -0.2) is 16.1 Å². The smallest absolute Gasteiger partial charge is 0.260 e. The molecular formula is C16H11Cl2FN4OS. The van der Waals surface area contributed by atoms with Crippen LogP contribution in [0.4, 0.5) is 14.7 Å². The minimum Gasteiger partial charge on any atom is -0.356 e. The molecule has 1 aromatic heterocycles. The SMILES string of the molecule is O=C(Nc1nnc(NCc2ccc(F)cc2)s1)c1c(Cl)cccc1Cl. The lowest BCUT2D eigenvalue weighted by Crippen LogP contribution is -2.12. The van der Waals surface area contributed by atoms with E-state index in [0.717, 1.165) is 16.9 Å². The molecule has 1 amide bonds. The van der Waals surface area contributed by atoms with Gasteiger partial charge in [-0.1, -0.05) is 52.7 Å². The topological polar surface area (TPSA) is 66.9 Å². The Morgan fingerprint density at radius 2 is 1.68 bits per heavy atom. The van der Waals surface area contributed by atoms with Gasteiger partial charge in [-0.25, -0.2) is 4.39 Å². The molecule has 0 saturated carbocycles. The second kappa shape index (κ2) is 7.77. The molecule has 0 aliphatic rings. The maximum Gasteiger partial charge on any atom is 0.260 e. The molecule has 9 heteroatoms. The van der Waals surface area contributed by atoms with Crippen molar-refractivity contribution in [3.63, 3.8) is 0 Å². The maximum atomic E-state index is 12.9. The Kier molecular flexibility index (Phi) is 5.47. The lowest BCUT2D eigenvalue weighted by atomic mass is 10.2. The van der Waals surface area contributed by atoms with Gasteiger partial charge >= 0.3 is 0 Å². The predicted octanol–water partition coefficient (Wildman–Crippen LogP) is 4.85. The van der Waals surface area contributed by atoms with Crippen molar-refractivity contribution < 1.29 is 9.18 Å². The molecule has 0 fully saturated rings. The van der Waals surface area contributed by atoms with Crippen LogP contribution in [0.5, 0.6) is 0 Å². The fourth-order valence-corrected chi connectivity index (χ4v) is 3.20. The highest BCUT2D eigenvalue weighted by Crippen LogP contribution is 2.27. The van der Waals surface area contributed by atoms with Gasteiger partial charge in [-0.05, 0) is 29.8 Å². The first-order valence-corrected chi connectivity index (χ1v) is 8.67. The van der Waals surface area contributed by atoms with E-state index < -0.39 is 5.91 Å². The summed E-state index contributed by atoms with van der Waals surface area (Å²) in [7, 11) is 0. The van der Waals surface area contributed by atoms with Crippen LogP contribution >= 0.6 is 34.5 Å². The number of benzene rings is 2. The fraction of sp³-hybridized carbons (Fsp3) is 0.0625. The zero-order valence-corrected chi connectivity index (χ0v) is 14.9. The fourth-order valence-electron chi connectivity index (χ4n) is 2.00. The van der Waals surface area contributed by atoms with Gasteiger partial charge < -0.3 is 5.32 Å². The molecular weight excluding hydrogens is 386 g/mol. The molecule has 2 aromatic carbocycles. The molecule has 2 N–H and O–H groups in total. The molecule has 0 unspecified atom stereocenters. The van der Waals surface area contributed by atoms with Crippen LogP contribution in [0.15, 0.2) is 42.5 Å². The van der Waals surface area contributed by atoms with Crippen LogP contribution in [0.3, 0.4) is 0 Å². The molecule has 0 aliphatic heterocycles. The third-order valence-corrected chi connectivity index (χ3v) is 4.62. The van der Waals surface area contributed by atoms with Crippen molar-refractivity contribution in [3.8, 4) is 0 Å². The molecule has 0 aliphatic carbocycles. The molecule has 25 heavy (non-hydrogen) atoms. The van der Waals surface area contributed by atoms with Crippen LogP contribution in [0.2, 0.25) is 10.0 Å². The highest BCUT2D eigenvalue weighted by atomic mass is 35.5. The summed E-state index contributed by atoms with van der Waals surface area (Å²) in [4.78, 5) is 12.3. The third kappa shape index (κ3) is 4.45. The van der Waals surface area contributed by atoms with Crippen molar-refractivity contribution in [2.24, 2.45) is 0 Å². The second-order valence-electron chi connectivity index (χ2n) is 4.94. The minimum atomic E-state index is -0.461. The van der Waals surface area contributed by atoms with Crippen LogP contribution in [0.25, 0.3) is 0 Å². The molecule has 1 heterocycles. The molecule has 0 radical (unpaired) electrons. The first-order chi connectivity index (χ1) is 12.0. The number of carbonyl (C=O) groups excluding carboxylic acids is 1. The Bertz CT molecular complexity index is 881. The van der Waals surface area contributed by atoms with Gasteiger partial charge in [0.05, 0.1) is 15.6 Å². The van der Waals surface area contributed by atoms with Crippen molar-refractivity contribution >= 4 is 50.7 Å². The van der Waals surface area contributed by atoms with Crippen molar-refractivity contribution in [1.29, 1.82) is 0 Å². The van der Waals surface area contributed by atoms with Gasteiger partial charge in [-0.3, -0.25) is 10.1 Å². The summed E-state index contributed by atoms with van der Waals surface area (Å²) in [5.74, 6) is -0.750. The lowest BCUT2D eigenvalue weighted by Gasteiger charge is -2.05. The van der Waals surface area contributed by atoms with Crippen molar-refractivity contribution in [2.45, 2.75) is 6.54 Å². The number of nitrogens with zero attached hydrogens (tertiary/aromatic N) is 2. The molecule has 128 valence electrons. The Morgan fingerprint density at radius 1 is 1.04 bits per heavy atom. The van der Waals surface area contributed by atoms with Crippen LogP contribution in [-0.2, 0) is 6.54 Å². The number of hydrogen-bond donors (Lipinski definition) is 2. The van der Waals surface area contributed by atoms with E-state index in [2.05, 4.69) is 20.8 Å². The summed E-state index contributed by atoms with van der Waals surface area (Å²) in [6.45, 7) is 0.458. The molecule has 0 spiro atoms. The van der Waals surface area contributed by atoms with E-state index in [1.165, 1.54) is 12.1 Å². The molecule has 0 saturated heterocycles. The average molecular weight is 397 g/mol. The summed E-state index contributed by atoms with van der Waals surface area (Å²) >= 11 is 13.2. The van der Waals surface area contributed by atoms with Crippen molar-refractivity contribution in [1.82, 2.24) is 10.2 Å². The van der Waals surface area contributed by atoms with E-state index in [1.54, 1.807) is 30.3 Å². The van der Waals surface area contributed by atoms with Gasteiger partial charge in [0.2, 0.25) is 10.3 Å². The number of rotatable bonds is 5. The van der Waals surface area contributed by atoms with Gasteiger partial charge in [0.1, 0.15) is 5.82 Å². The average Bonchev–Trinajstić information content (AvgIpc) is 3.01. The Morgan fingerprint density at radius 3 is 2.36 bits per heavy atom. The van der Waals surface area contributed by atoms with Gasteiger partial charge in [-0.2, -0.15) is 0 Å². The van der Waals surface area contributed by atoms with Gasteiger partial charge in [0.15, 0.2) is 0 Å². The van der Waals surface area contributed by atoms with Crippen LogP contribution in [0, 0.1) is 5.82 Å². The van der Waals surface area contributed by atoms with E-state index in [-0.39, 0.29) is 21.4 Å². The lowest BCUT2D eigenvalue weighted by molar-refractivity contribution is 0.102. The van der Waals surface area contributed by atoms with Crippen LogP contribution < -0.4 is 10.6 Å². The highest BCUT2D eigenvalue weighted by molar-refractivity contribution is 7.19. The second-order valence-corrected chi connectivity index (χ2v) is 6.74. The molecule has 0 atom stereocenters. The van der Waals surface area contributed by atoms with Crippen molar-refractivity contribution in [3.05, 3.63) is 69.5 Å². The van der Waals surface area contributed by atoms with E-state index in [1.807, 2.05) is 0 Å². The van der Waals surface area contributed by atoms with Gasteiger partial charge in [-0.15, -0.1) is 10.2 Å². The largest absolute Gasteiger partial charge is 0.356 e. The Labute approximate surface area is 156 Å². The Balaban J connectivity index is 1.63. The highest BCUT2D eigenvalue weighted by Gasteiger charge is 2.16. The van der Waals surface area contributed by atoms with E-state index in [0.29, 0.717) is 16.8 Å². The van der Waals surface area contributed by atoms with Gasteiger partial charge in [0, 0.05) is 6.54 Å². The zero-order chi connectivity index (χ0) is 17.8. The summed E-state index contributed by atoms with van der Waals surface area (Å²) in [5, 5.41) is 14.8. The number of hydrogen-bond acceptors (Lipinski definition) is 5. The monoisotopic (exact) mass is 396 g/mol. The number of anilines is 2. The Hall–Kier alpha value is -2.22.